The Morgan fingerprint density at radius 3 is 2.78 bits per heavy atom. The average molecular weight is 482 g/mol. The molecule has 0 aliphatic rings. The van der Waals surface area contributed by atoms with E-state index in [0.29, 0.717) is 32.6 Å². The molecule has 2 heterocycles. The van der Waals surface area contributed by atoms with Crippen LogP contribution in [0, 0.1) is 6.92 Å². The van der Waals surface area contributed by atoms with Gasteiger partial charge in [0.2, 0.25) is 5.91 Å². The Kier molecular flexibility index (Phi) is 6.79. The number of aromatic nitrogens is 2. The minimum absolute atomic E-state index is 0.109. The number of thioether (sulfide) groups is 1. The first-order valence-corrected chi connectivity index (χ1v) is 12.1. The number of nitrogens with zero attached hydrogens (tertiary/aromatic N) is 2. The van der Waals surface area contributed by atoms with Gasteiger partial charge < -0.3 is 5.32 Å². The van der Waals surface area contributed by atoms with Gasteiger partial charge in [-0.25, -0.2) is 4.98 Å². The van der Waals surface area contributed by atoms with E-state index in [9.17, 15) is 9.59 Å². The Hall–Kier alpha value is -2.87. The third-order valence-corrected chi connectivity index (χ3v) is 6.86. The van der Waals surface area contributed by atoms with E-state index in [-0.39, 0.29) is 17.2 Å². The van der Waals surface area contributed by atoms with Crippen molar-refractivity contribution in [2.75, 3.05) is 11.1 Å². The lowest BCUT2D eigenvalue weighted by molar-refractivity contribution is -0.113. The summed E-state index contributed by atoms with van der Waals surface area (Å²) < 4.78 is 1.57. The molecule has 0 saturated carbocycles. The van der Waals surface area contributed by atoms with Crippen LogP contribution < -0.4 is 10.9 Å². The van der Waals surface area contributed by atoms with E-state index in [2.05, 4.69) is 11.9 Å². The summed E-state index contributed by atoms with van der Waals surface area (Å²) in [4.78, 5) is 31.2. The number of hydrogen-bond acceptors (Lipinski definition) is 5. The summed E-state index contributed by atoms with van der Waals surface area (Å²) in [6, 6.07) is 15.0. The molecule has 1 N–H and O–H groups in total. The molecule has 0 aliphatic heterocycles. The molecule has 162 valence electrons. The van der Waals surface area contributed by atoms with Crippen LogP contribution in [0.2, 0.25) is 5.02 Å². The summed E-state index contributed by atoms with van der Waals surface area (Å²) in [5, 5.41) is 6.39. The highest BCUT2D eigenvalue weighted by Crippen LogP contribution is 2.32. The smallest absolute Gasteiger partial charge is 0.263 e. The van der Waals surface area contributed by atoms with Crippen molar-refractivity contribution in [1.29, 1.82) is 0 Å². The Morgan fingerprint density at radius 2 is 2.06 bits per heavy atom. The second-order valence-corrected chi connectivity index (χ2v) is 9.38. The van der Waals surface area contributed by atoms with Crippen molar-refractivity contribution in [2.24, 2.45) is 0 Å². The second-order valence-electron chi connectivity index (χ2n) is 7.14. The molecule has 0 radical (unpaired) electrons. The summed E-state index contributed by atoms with van der Waals surface area (Å²) in [6.07, 6.45) is 1.66. The van der Waals surface area contributed by atoms with E-state index in [4.69, 9.17) is 16.6 Å². The molecule has 8 heteroatoms. The van der Waals surface area contributed by atoms with Crippen LogP contribution in [0.3, 0.4) is 0 Å². The number of carbonyl (C=O) groups is 1. The predicted octanol–water partition coefficient (Wildman–Crippen LogP) is 6.00. The van der Waals surface area contributed by atoms with Gasteiger partial charge in [-0.2, -0.15) is 0 Å². The highest BCUT2D eigenvalue weighted by Gasteiger charge is 2.18. The second kappa shape index (κ2) is 9.73. The zero-order valence-corrected chi connectivity index (χ0v) is 19.7. The average Bonchev–Trinajstić information content (AvgIpc) is 3.19. The van der Waals surface area contributed by atoms with Crippen LogP contribution in [0.15, 0.2) is 76.5 Å². The van der Waals surface area contributed by atoms with Crippen LogP contribution in [-0.2, 0) is 11.3 Å². The van der Waals surface area contributed by atoms with E-state index in [0.717, 1.165) is 16.7 Å². The Labute approximate surface area is 198 Å². The van der Waals surface area contributed by atoms with E-state index in [1.54, 1.807) is 34.9 Å². The number of fused-ring (bicyclic) bond motifs is 1. The first-order chi connectivity index (χ1) is 15.5. The number of halogens is 1. The van der Waals surface area contributed by atoms with Crippen molar-refractivity contribution >= 4 is 56.5 Å². The maximum Gasteiger partial charge on any atom is 0.263 e. The fourth-order valence-electron chi connectivity index (χ4n) is 3.24. The molecular weight excluding hydrogens is 462 g/mol. The number of anilines is 1. The number of carbonyl (C=O) groups excluding carboxylic acids is 1. The number of rotatable bonds is 7. The minimum atomic E-state index is -0.205. The van der Waals surface area contributed by atoms with Gasteiger partial charge in [0.05, 0.1) is 11.1 Å². The zero-order valence-electron chi connectivity index (χ0n) is 17.3. The summed E-state index contributed by atoms with van der Waals surface area (Å²) >= 11 is 8.62. The van der Waals surface area contributed by atoms with E-state index >= 15 is 0 Å². The maximum absolute atomic E-state index is 13.4. The van der Waals surface area contributed by atoms with Crippen molar-refractivity contribution in [3.63, 3.8) is 0 Å². The third-order valence-electron chi connectivity index (χ3n) is 4.77. The van der Waals surface area contributed by atoms with Crippen molar-refractivity contribution in [1.82, 2.24) is 9.55 Å². The number of aryl methyl sites for hydroxylation is 1. The first kappa shape index (κ1) is 22.3. The number of nitrogens with one attached hydrogen (secondary N) is 1. The van der Waals surface area contributed by atoms with E-state index < -0.39 is 0 Å². The lowest BCUT2D eigenvalue weighted by Gasteiger charge is -2.11. The summed E-state index contributed by atoms with van der Waals surface area (Å²) in [7, 11) is 0. The highest BCUT2D eigenvalue weighted by atomic mass is 35.5. The largest absolute Gasteiger partial charge is 0.325 e. The fourth-order valence-corrected chi connectivity index (χ4v) is 5.23. The third kappa shape index (κ3) is 4.80. The molecule has 2 aromatic heterocycles. The fraction of sp³-hybridized carbons (Fsp3) is 0.125. The Balaban J connectivity index is 1.63. The first-order valence-electron chi connectivity index (χ1n) is 9.84. The van der Waals surface area contributed by atoms with Gasteiger partial charge in [-0.15, -0.1) is 17.9 Å². The molecule has 4 aromatic rings. The van der Waals surface area contributed by atoms with Crippen molar-refractivity contribution in [2.45, 2.75) is 18.6 Å². The van der Waals surface area contributed by atoms with E-state index in [1.165, 1.54) is 23.1 Å². The molecule has 0 fully saturated rings. The van der Waals surface area contributed by atoms with Crippen LogP contribution in [0.5, 0.6) is 0 Å². The molecule has 4 rings (SSSR count). The monoisotopic (exact) mass is 481 g/mol. The minimum Gasteiger partial charge on any atom is -0.325 e. The van der Waals surface area contributed by atoms with Gasteiger partial charge in [0, 0.05) is 28.2 Å². The summed E-state index contributed by atoms with van der Waals surface area (Å²) in [5.41, 5.74) is 3.49. The number of thiophene rings is 1. The van der Waals surface area contributed by atoms with Gasteiger partial charge in [0.1, 0.15) is 4.83 Å². The van der Waals surface area contributed by atoms with Gasteiger partial charge in [-0.1, -0.05) is 65.3 Å². The maximum atomic E-state index is 13.4. The van der Waals surface area contributed by atoms with Crippen LogP contribution in [0.25, 0.3) is 21.3 Å². The Morgan fingerprint density at radius 1 is 1.28 bits per heavy atom. The van der Waals surface area contributed by atoms with Crippen LogP contribution >= 0.6 is 34.7 Å². The van der Waals surface area contributed by atoms with Crippen LogP contribution in [0.1, 0.15) is 5.56 Å². The quantitative estimate of drug-likeness (QED) is 0.199. The lowest BCUT2D eigenvalue weighted by atomic mass is 10.1. The summed E-state index contributed by atoms with van der Waals surface area (Å²) in [6.45, 7) is 6.11. The SMILES string of the molecule is C=CCn1c(SCC(=O)Nc2cccc(Cl)c2)nc2scc(-c3ccc(C)cc3)c2c1=O. The van der Waals surface area contributed by atoms with Crippen molar-refractivity contribution < 1.29 is 4.79 Å². The van der Waals surface area contributed by atoms with Gasteiger partial charge in [-0.3, -0.25) is 14.2 Å². The topological polar surface area (TPSA) is 64.0 Å². The molecule has 0 atom stereocenters. The van der Waals surface area contributed by atoms with Gasteiger partial charge >= 0.3 is 0 Å². The highest BCUT2D eigenvalue weighted by molar-refractivity contribution is 7.99. The molecule has 5 nitrogen and oxygen atoms in total. The molecule has 0 spiro atoms. The molecular formula is C24H20ClN3O2S2. The normalized spacial score (nSPS) is 10.9. The number of allylic oxidation sites excluding steroid dienone is 1. The molecule has 32 heavy (non-hydrogen) atoms. The van der Waals surface area contributed by atoms with Gasteiger partial charge in [0.15, 0.2) is 5.16 Å². The molecule has 1 amide bonds. The summed E-state index contributed by atoms with van der Waals surface area (Å²) in [5.74, 6) is -0.0964. The number of hydrogen-bond donors (Lipinski definition) is 1. The van der Waals surface area contributed by atoms with E-state index in [1.807, 2.05) is 36.6 Å². The molecule has 2 aromatic carbocycles. The molecule has 0 saturated heterocycles. The number of amides is 1. The number of benzene rings is 2. The molecule has 0 unspecified atom stereocenters. The standard InChI is InChI=1S/C24H20ClN3O2S2/c1-3-11-28-23(30)21-19(16-9-7-15(2)8-10-16)13-31-22(21)27-24(28)32-14-20(29)26-18-6-4-5-17(25)12-18/h3-10,12-13H,1,11,14H2,2H3,(H,26,29). The van der Waals surface area contributed by atoms with Crippen LogP contribution in [0.4, 0.5) is 5.69 Å². The Bertz CT molecular complexity index is 1360. The van der Waals surface area contributed by atoms with Crippen molar-refractivity contribution in [3.05, 3.63) is 87.5 Å². The molecule has 0 aliphatic carbocycles. The zero-order chi connectivity index (χ0) is 22.7. The van der Waals surface area contributed by atoms with Gasteiger partial charge in [-0.05, 0) is 30.7 Å². The molecule has 0 bridgehead atoms. The van der Waals surface area contributed by atoms with Gasteiger partial charge in [0.25, 0.3) is 5.56 Å². The van der Waals surface area contributed by atoms with Crippen LogP contribution in [-0.4, -0.2) is 21.2 Å². The van der Waals surface area contributed by atoms with Crippen molar-refractivity contribution in [3.8, 4) is 11.1 Å². The predicted molar refractivity (Wildman–Crippen MR) is 135 cm³/mol. The lowest BCUT2D eigenvalue weighted by Crippen LogP contribution is -2.23.